The zero-order valence-electron chi connectivity index (χ0n) is 15.0. The molecule has 0 aromatic heterocycles. The molecule has 0 radical (unpaired) electrons. The van der Waals surface area contributed by atoms with Crippen molar-refractivity contribution in [3.05, 3.63) is 60.2 Å². The molecular weight excluding hydrogens is 348 g/mol. The van der Waals surface area contributed by atoms with E-state index < -0.39 is 15.3 Å². The smallest absolute Gasteiger partial charge is 0.220 e. The van der Waals surface area contributed by atoms with Crippen LogP contribution in [0, 0.1) is 0 Å². The van der Waals surface area contributed by atoms with Gasteiger partial charge in [0.05, 0.1) is 11.3 Å². The second-order valence-corrected chi connectivity index (χ2v) is 9.16. The van der Waals surface area contributed by atoms with Crippen molar-refractivity contribution in [2.24, 2.45) is 0 Å². The van der Waals surface area contributed by atoms with E-state index in [9.17, 15) is 13.2 Å². The highest BCUT2D eigenvalue weighted by Crippen LogP contribution is 2.27. The lowest BCUT2D eigenvalue weighted by Gasteiger charge is -2.33. The van der Waals surface area contributed by atoms with E-state index in [0.717, 1.165) is 16.7 Å². The molecule has 0 bridgehead atoms. The minimum Gasteiger partial charge on any atom is -0.348 e. The number of rotatable bonds is 5. The van der Waals surface area contributed by atoms with E-state index in [1.807, 2.05) is 54.6 Å². The summed E-state index contributed by atoms with van der Waals surface area (Å²) < 4.78 is 27.3. The number of carbonyl (C=O) groups excluding carboxylic acids is 1. The number of hydrogen-bond acceptors (Lipinski definition) is 3. The van der Waals surface area contributed by atoms with Crippen LogP contribution in [-0.4, -0.2) is 25.6 Å². The summed E-state index contributed by atoms with van der Waals surface area (Å²) in [5.41, 5.74) is 3.09. The molecule has 2 N–H and O–H groups in total. The molecule has 26 heavy (non-hydrogen) atoms. The van der Waals surface area contributed by atoms with Gasteiger partial charge in [-0.3, -0.25) is 4.79 Å². The summed E-state index contributed by atoms with van der Waals surface area (Å²) in [7, 11) is -3.41. The monoisotopic (exact) mass is 372 g/mol. The third-order valence-corrected chi connectivity index (χ3v) is 6.59. The number of nitrogens with one attached hydrogen (secondary N) is 2. The van der Waals surface area contributed by atoms with E-state index in [2.05, 4.69) is 10.0 Å². The van der Waals surface area contributed by atoms with E-state index in [4.69, 9.17) is 0 Å². The molecule has 1 fully saturated rings. The van der Waals surface area contributed by atoms with Gasteiger partial charge in [-0.05, 0) is 37.0 Å². The number of sulfonamides is 1. The van der Waals surface area contributed by atoms with Crippen LogP contribution in [0.4, 0.5) is 0 Å². The van der Waals surface area contributed by atoms with Crippen molar-refractivity contribution in [3.8, 4) is 11.1 Å². The summed E-state index contributed by atoms with van der Waals surface area (Å²) in [6, 6.07) is 17.2. The number of hydrogen-bond donors (Lipinski definition) is 2. The molecule has 1 aliphatic rings. The van der Waals surface area contributed by atoms with Crippen molar-refractivity contribution >= 4 is 15.9 Å². The third-order valence-electron chi connectivity index (χ3n) is 4.71. The van der Waals surface area contributed by atoms with Gasteiger partial charge in [0.25, 0.3) is 0 Å². The first-order valence-corrected chi connectivity index (χ1v) is 10.4. The maximum Gasteiger partial charge on any atom is 0.220 e. The van der Waals surface area contributed by atoms with Crippen LogP contribution in [0.2, 0.25) is 0 Å². The molecule has 0 aliphatic carbocycles. The minimum atomic E-state index is -3.41. The lowest BCUT2D eigenvalue weighted by molar-refractivity contribution is -0.123. The van der Waals surface area contributed by atoms with Gasteiger partial charge in [-0.1, -0.05) is 54.6 Å². The fourth-order valence-corrected chi connectivity index (χ4v) is 4.05. The number of benzene rings is 2. The summed E-state index contributed by atoms with van der Waals surface area (Å²) in [5, 5.41) is 2.42. The first-order valence-electron chi connectivity index (χ1n) is 8.83. The minimum absolute atomic E-state index is 0.0536. The predicted molar refractivity (Wildman–Crippen MR) is 103 cm³/mol. The van der Waals surface area contributed by atoms with Crippen LogP contribution in [0.5, 0.6) is 0 Å². The summed E-state index contributed by atoms with van der Waals surface area (Å²) in [4.78, 5) is 11.9. The van der Waals surface area contributed by atoms with E-state index >= 15 is 0 Å². The van der Waals surface area contributed by atoms with Gasteiger partial charge in [0, 0.05) is 12.5 Å². The maximum absolute atomic E-state index is 12.3. The summed E-state index contributed by atoms with van der Waals surface area (Å²) in [5.74, 6) is -0.0536. The van der Waals surface area contributed by atoms with Crippen LogP contribution >= 0.6 is 0 Å². The molecule has 5 nitrogen and oxygen atoms in total. The number of amides is 1. The second-order valence-electron chi connectivity index (χ2n) is 6.89. The van der Waals surface area contributed by atoms with E-state index in [1.165, 1.54) is 0 Å². The first-order chi connectivity index (χ1) is 12.4. The third kappa shape index (κ3) is 4.14. The van der Waals surface area contributed by atoms with Crippen LogP contribution in [0.3, 0.4) is 0 Å². The molecule has 1 aliphatic heterocycles. The first kappa shape index (κ1) is 18.6. The van der Waals surface area contributed by atoms with Crippen LogP contribution in [0.15, 0.2) is 54.6 Å². The van der Waals surface area contributed by atoms with Gasteiger partial charge in [0.15, 0.2) is 0 Å². The average molecular weight is 372 g/mol. The van der Waals surface area contributed by atoms with Gasteiger partial charge in [-0.25, -0.2) is 13.1 Å². The quantitative estimate of drug-likeness (QED) is 0.847. The molecule has 1 saturated heterocycles. The van der Waals surface area contributed by atoms with Crippen molar-refractivity contribution in [2.45, 2.75) is 44.0 Å². The molecule has 0 spiro atoms. The maximum atomic E-state index is 12.3. The standard InChI is InChI=1S/C20H24N2O3S/c1-14(2)26(24,25)22-18-12-13-19(23)21-20(18)17-10-8-16(9-11-17)15-6-4-3-5-7-15/h3-11,14,18,20,22H,12-13H2,1-2H3,(H,21,23)/t18-,20+/m0/s1. The fraction of sp³-hybridized carbons (Fsp3) is 0.350. The van der Waals surface area contributed by atoms with E-state index in [-0.39, 0.29) is 18.0 Å². The van der Waals surface area contributed by atoms with E-state index in [1.54, 1.807) is 13.8 Å². The van der Waals surface area contributed by atoms with Crippen LogP contribution in [-0.2, 0) is 14.8 Å². The Kier molecular flexibility index (Phi) is 5.44. The summed E-state index contributed by atoms with van der Waals surface area (Å²) in [6.45, 7) is 3.29. The summed E-state index contributed by atoms with van der Waals surface area (Å²) in [6.07, 6.45) is 0.812. The average Bonchev–Trinajstić information content (AvgIpc) is 2.64. The molecule has 0 saturated carbocycles. The van der Waals surface area contributed by atoms with Crippen LogP contribution < -0.4 is 10.0 Å². The molecule has 1 heterocycles. The Labute approximate surface area is 154 Å². The van der Waals surface area contributed by atoms with Crippen molar-refractivity contribution in [1.29, 1.82) is 0 Å². The van der Waals surface area contributed by atoms with Gasteiger partial charge >= 0.3 is 0 Å². The molecule has 2 atom stereocenters. The van der Waals surface area contributed by atoms with Gasteiger partial charge in [-0.15, -0.1) is 0 Å². The molecule has 1 amide bonds. The van der Waals surface area contributed by atoms with Gasteiger partial charge in [-0.2, -0.15) is 0 Å². The Balaban J connectivity index is 1.85. The Morgan fingerprint density at radius 1 is 1.00 bits per heavy atom. The highest BCUT2D eigenvalue weighted by Gasteiger charge is 2.33. The Hall–Kier alpha value is -2.18. The Morgan fingerprint density at radius 3 is 2.23 bits per heavy atom. The van der Waals surface area contributed by atoms with Crippen molar-refractivity contribution in [1.82, 2.24) is 10.0 Å². The van der Waals surface area contributed by atoms with Gasteiger partial charge in [0.2, 0.25) is 15.9 Å². The Bertz CT molecular complexity index is 862. The summed E-state index contributed by atoms with van der Waals surface area (Å²) >= 11 is 0. The van der Waals surface area contributed by atoms with Gasteiger partial charge in [0.1, 0.15) is 0 Å². The fourth-order valence-electron chi connectivity index (χ4n) is 3.10. The van der Waals surface area contributed by atoms with Crippen molar-refractivity contribution in [2.75, 3.05) is 0 Å². The van der Waals surface area contributed by atoms with Crippen LogP contribution in [0.25, 0.3) is 11.1 Å². The molecule has 0 unspecified atom stereocenters. The molecule has 138 valence electrons. The lowest BCUT2D eigenvalue weighted by atomic mass is 9.91. The highest BCUT2D eigenvalue weighted by atomic mass is 32.2. The zero-order chi connectivity index (χ0) is 18.7. The SMILES string of the molecule is CC(C)S(=O)(=O)N[C@H]1CCC(=O)N[C@@H]1c1ccc(-c2ccccc2)cc1. The van der Waals surface area contributed by atoms with Crippen molar-refractivity contribution < 1.29 is 13.2 Å². The van der Waals surface area contributed by atoms with Crippen molar-refractivity contribution in [3.63, 3.8) is 0 Å². The number of piperidine rings is 1. The predicted octanol–water partition coefficient (Wildman–Crippen LogP) is 3.00. The highest BCUT2D eigenvalue weighted by molar-refractivity contribution is 7.90. The normalized spacial score (nSPS) is 20.8. The lowest BCUT2D eigenvalue weighted by Crippen LogP contribution is -2.51. The van der Waals surface area contributed by atoms with Gasteiger partial charge < -0.3 is 5.32 Å². The Morgan fingerprint density at radius 2 is 1.62 bits per heavy atom. The zero-order valence-corrected chi connectivity index (χ0v) is 15.8. The topological polar surface area (TPSA) is 75.3 Å². The molecular formula is C20H24N2O3S. The molecule has 6 heteroatoms. The van der Waals surface area contributed by atoms with E-state index in [0.29, 0.717) is 12.8 Å². The largest absolute Gasteiger partial charge is 0.348 e. The molecule has 3 rings (SSSR count). The van der Waals surface area contributed by atoms with Crippen LogP contribution in [0.1, 0.15) is 38.3 Å². The number of carbonyl (C=O) groups is 1. The second kappa shape index (κ2) is 7.60. The molecule has 2 aromatic rings. The molecule has 2 aromatic carbocycles.